The lowest BCUT2D eigenvalue weighted by Crippen LogP contribution is -2.51. The van der Waals surface area contributed by atoms with Gasteiger partial charge in [0.05, 0.1) is 4.90 Å². The van der Waals surface area contributed by atoms with Gasteiger partial charge in [-0.1, -0.05) is 19.4 Å². The minimum atomic E-state index is -4.12. The average molecular weight is 489 g/mol. The summed E-state index contributed by atoms with van der Waals surface area (Å²) in [7, 11) is -4.12. The molecule has 0 heterocycles. The second-order valence-electron chi connectivity index (χ2n) is 11.3. The highest BCUT2D eigenvalue weighted by Crippen LogP contribution is 2.66. The molecule has 6 atom stereocenters. The van der Waals surface area contributed by atoms with Crippen LogP contribution >= 0.6 is 0 Å². The molecule has 0 radical (unpaired) electrons. The third-order valence-electron chi connectivity index (χ3n) is 9.81. The largest absolute Gasteiger partial charge is 0.297 e. The van der Waals surface area contributed by atoms with Crippen LogP contribution in [0.25, 0.3) is 0 Å². The summed E-state index contributed by atoms with van der Waals surface area (Å²) in [6.07, 6.45) is 9.23. The fourth-order valence-corrected chi connectivity index (χ4v) is 8.87. The maximum absolute atomic E-state index is 13.2. The molecule has 1 aromatic carbocycles. The SMILES string of the molecule is C[C@]12CC[C@H]3[C@@H](CCC4=CC(=O)CC[C@@]43C)[C@@H]1CC[C@@H]2C(=O)COS(=O)(=O)c1ccc(F)cc1. The lowest BCUT2D eigenvalue weighted by Gasteiger charge is -2.58. The second kappa shape index (κ2) is 8.37. The molecule has 184 valence electrons. The minimum absolute atomic E-state index is 0.0899. The number of benzene rings is 1. The molecule has 0 saturated heterocycles. The molecule has 0 aliphatic heterocycles. The van der Waals surface area contributed by atoms with Crippen molar-refractivity contribution in [3.63, 3.8) is 0 Å². The molecule has 0 unspecified atom stereocenters. The Morgan fingerprint density at radius 3 is 2.50 bits per heavy atom. The molecule has 0 bridgehead atoms. The van der Waals surface area contributed by atoms with Gasteiger partial charge in [0.1, 0.15) is 12.4 Å². The van der Waals surface area contributed by atoms with Gasteiger partial charge in [0, 0.05) is 12.3 Å². The van der Waals surface area contributed by atoms with Crippen LogP contribution in [0, 0.1) is 40.3 Å². The summed E-state index contributed by atoms with van der Waals surface area (Å²) in [6, 6.07) is 4.42. The third-order valence-corrected chi connectivity index (χ3v) is 11.1. The van der Waals surface area contributed by atoms with Crippen molar-refractivity contribution in [3.8, 4) is 0 Å². The summed E-state index contributed by atoms with van der Waals surface area (Å²) in [5.74, 6) is 0.881. The lowest BCUT2D eigenvalue weighted by atomic mass is 9.46. The van der Waals surface area contributed by atoms with E-state index in [1.54, 1.807) is 0 Å². The molecule has 0 aromatic heterocycles. The fraction of sp³-hybridized carbons (Fsp3) is 0.630. The summed E-state index contributed by atoms with van der Waals surface area (Å²) in [6.45, 7) is 4.08. The summed E-state index contributed by atoms with van der Waals surface area (Å²) in [5.41, 5.74) is 1.27. The van der Waals surface area contributed by atoms with Crippen molar-refractivity contribution in [3.05, 3.63) is 41.7 Å². The van der Waals surface area contributed by atoms with Crippen molar-refractivity contribution in [2.75, 3.05) is 6.61 Å². The molecule has 3 fully saturated rings. The molecule has 5 nitrogen and oxygen atoms in total. The maximum atomic E-state index is 13.2. The van der Waals surface area contributed by atoms with Gasteiger partial charge in [0.15, 0.2) is 11.6 Å². The number of carbonyl (C=O) groups is 2. The van der Waals surface area contributed by atoms with Gasteiger partial charge in [-0.3, -0.25) is 13.8 Å². The number of carbonyl (C=O) groups excluding carboxylic acids is 2. The average Bonchev–Trinajstić information content (AvgIpc) is 3.15. The molecule has 1 aromatic rings. The van der Waals surface area contributed by atoms with E-state index in [1.165, 1.54) is 5.57 Å². The fourth-order valence-electron chi connectivity index (χ4n) is 7.99. The first kappa shape index (κ1) is 23.9. The van der Waals surface area contributed by atoms with E-state index >= 15 is 0 Å². The van der Waals surface area contributed by atoms with E-state index in [-0.39, 0.29) is 33.2 Å². The second-order valence-corrected chi connectivity index (χ2v) is 12.9. The highest BCUT2D eigenvalue weighted by molar-refractivity contribution is 7.86. The van der Waals surface area contributed by atoms with Gasteiger partial charge in [-0.2, -0.15) is 8.42 Å². The Morgan fingerprint density at radius 1 is 1.03 bits per heavy atom. The summed E-state index contributed by atoms with van der Waals surface area (Å²) < 4.78 is 43.2. The third kappa shape index (κ3) is 3.79. The Balaban J connectivity index is 1.30. The van der Waals surface area contributed by atoms with Crippen molar-refractivity contribution < 1.29 is 26.6 Å². The van der Waals surface area contributed by atoms with Crippen molar-refractivity contribution in [2.24, 2.45) is 34.5 Å². The molecule has 0 amide bonds. The van der Waals surface area contributed by atoms with Crippen LogP contribution in [0.4, 0.5) is 4.39 Å². The van der Waals surface area contributed by atoms with Crippen LogP contribution in [0.5, 0.6) is 0 Å². The number of hydrogen-bond donors (Lipinski definition) is 0. The summed E-state index contributed by atoms with van der Waals surface area (Å²) in [4.78, 5) is 25.1. The molecular formula is C27H33FO5S. The Hall–Kier alpha value is -1.86. The van der Waals surface area contributed by atoms with E-state index in [4.69, 9.17) is 4.18 Å². The topological polar surface area (TPSA) is 77.5 Å². The Kier molecular flexibility index (Phi) is 5.87. The molecule has 3 saturated carbocycles. The highest BCUT2D eigenvalue weighted by atomic mass is 32.2. The van der Waals surface area contributed by atoms with Crippen molar-refractivity contribution in [2.45, 2.75) is 70.1 Å². The number of ketones is 2. The molecular weight excluding hydrogens is 455 g/mol. The van der Waals surface area contributed by atoms with E-state index in [0.29, 0.717) is 24.2 Å². The number of halogens is 1. The van der Waals surface area contributed by atoms with Crippen LogP contribution < -0.4 is 0 Å². The van der Waals surface area contributed by atoms with Gasteiger partial charge in [0.2, 0.25) is 0 Å². The number of Topliss-reactive ketones (excluding diaryl/α,β-unsaturated/α-hetero) is 1. The van der Waals surface area contributed by atoms with E-state index in [2.05, 4.69) is 13.8 Å². The smallest absolute Gasteiger partial charge is 0.297 e. The zero-order valence-electron chi connectivity index (χ0n) is 19.9. The van der Waals surface area contributed by atoms with Gasteiger partial charge < -0.3 is 0 Å². The molecule has 4 aliphatic carbocycles. The molecule has 7 heteroatoms. The molecule has 0 N–H and O–H groups in total. The highest BCUT2D eigenvalue weighted by Gasteiger charge is 2.60. The zero-order valence-corrected chi connectivity index (χ0v) is 20.7. The minimum Gasteiger partial charge on any atom is -0.297 e. The first-order chi connectivity index (χ1) is 16.0. The van der Waals surface area contributed by atoms with Crippen LogP contribution in [0.3, 0.4) is 0 Å². The van der Waals surface area contributed by atoms with Gasteiger partial charge in [-0.05, 0) is 104 Å². The number of allylic oxidation sites excluding steroid dienone is 1. The monoisotopic (exact) mass is 488 g/mol. The van der Waals surface area contributed by atoms with Crippen molar-refractivity contribution in [1.82, 2.24) is 0 Å². The first-order valence-electron chi connectivity index (χ1n) is 12.5. The Bertz CT molecular complexity index is 1140. The Labute approximate surface area is 201 Å². The predicted molar refractivity (Wildman–Crippen MR) is 125 cm³/mol. The summed E-state index contributed by atoms with van der Waals surface area (Å²) in [5, 5.41) is 0. The number of rotatable bonds is 5. The molecule has 34 heavy (non-hydrogen) atoms. The first-order valence-corrected chi connectivity index (χ1v) is 13.9. The molecule has 0 spiro atoms. The van der Waals surface area contributed by atoms with Gasteiger partial charge >= 0.3 is 0 Å². The number of fused-ring (bicyclic) bond motifs is 5. The molecule has 5 rings (SSSR count). The van der Waals surface area contributed by atoms with Crippen LogP contribution in [-0.4, -0.2) is 26.6 Å². The standard InChI is InChI=1S/C27H33FO5S/c1-26-13-11-19(29)15-17(26)3-8-21-22-9-10-24(27(22,2)14-12-23(21)26)25(30)16-33-34(31,32)20-6-4-18(28)5-7-20/h4-7,15,21-24H,3,8-14,16H2,1-2H3/t21-,22-,23-,24+,26-,27-/m0/s1. The van der Waals surface area contributed by atoms with Crippen LogP contribution in [0.15, 0.2) is 40.8 Å². The quantitative estimate of drug-likeness (QED) is 0.529. The summed E-state index contributed by atoms with van der Waals surface area (Å²) >= 11 is 0. The van der Waals surface area contributed by atoms with E-state index in [0.717, 1.165) is 69.2 Å². The van der Waals surface area contributed by atoms with Crippen LogP contribution in [0.1, 0.15) is 65.2 Å². The van der Waals surface area contributed by atoms with Crippen molar-refractivity contribution in [1.29, 1.82) is 0 Å². The van der Waals surface area contributed by atoms with Gasteiger partial charge in [-0.25, -0.2) is 4.39 Å². The van der Waals surface area contributed by atoms with Crippen LogP contribution in [-0.2, 0) is 23.9 Å². The van der Waals surface area contributed by atoms with Crippen LogP contribution in [0.2, 0.25) is 0 Å². The van der Waals surface area contributed by atoms with E-state index < -0.39 is 22.5 Å². The maximum Gasteiger partial charge on any atom is 0.297 e. The molecule has 4 aliphatic rings. The van der Waals surface area contributed by atoms with Gasteiger partial charge in [0.25, 0.3) is 10.1 Å². The van der Waals surface area contributed by atoms with E-state index in [9.17, 15) is 22.4 Å². The number of hydrogen-bond acceptors (Lipinski definition) is 5. The predicted octanol–water partition coefficient (Wildman–Crippen LogP) is 5.25. The van der Waals surface area contributed by atoms with E-state index in [1.807, 2.05) is 6.08 Å². The lowest BCUT2D eigenvalue weighted by molar-refractivity contribution is -0.132. The van der Waals surface area contributed by atoms with Crippen molar-refractivity contribution >= 4 is 21.7 Å². The zero-order chi connectivity index (χ0) is 24.3. The Morgan fingerprint density at radius 2 is 1.76 bits per heavy atom. The normalized spacial score (nSPS) is 37.4. The van der Waals surface area contributed by atoms with Gasteiger partial charge in [-0.15, -0.1) is 0 Å².